The number of benzene rings is 9. The van der Waals surface area contributed by atoms with Crippen LogP contribution in [0.1, 0.15) is 41.7 Å². The molecule has 0 fully saturated rings. The monoisotopic (exact) mass is 837 g/mol. The molecule has 2 aliphatic rings. The maximum absolute atomic E-state index is 5.43. The van der Waals surface area contributed by atoms with Crippen molar-refractivity contribution >= 4 is 37.2 Å². The van der Waals surface area contributed by atoms with Crippen LogP contribution in [0.5, 0.6) is 0 Å². The lowest BCUT2D eigenvalue weighted by molar-refractivity contribution is 0.317. The molecule has 0 saturated carbocycles. The van der Waals surface area contributed by atoms with Crippen LogP contribution >= 0.6 is 11.3 Å². The number of thiophene rings is 1. The third-order valence-electron chi connectivity index (χ3n) is 14.0. The van der Waals surface area contributed by atoms with Gasteiger partial charge in [0.2, 0.25) is 0 Å². The van der Waals surface area contributed by atoms with Gasteiger partial charge in [0.25, 0.3) is 0 Å². The molecule has 2 atom stereocenters. The summed E-state index contributed by atoms with van der Waals surface area (Å²) in [7, 11) is 0. The van der Waals surface area contributed by atoms with Crippen molar-refractivity contribution in [2.75, 3.05) is 0 Å². The molecule has 1 aliphatic heterocycles. The molecule has 0 bridgehead atoms. The average molecular weight is 838 g/mol. The first-order valence-electron chi connectivity index (χ1n) is 22.1. The van der Waals surface area contributed by atoms with Crippen LogP contribution in [0.25, 0.3) is 75.8 Å². The van der Waals surface area contributed by atoms with Crippen molar-refractivity contribution in [1.29, 1.82) is 0 Å². The van der Waals surface area contributed by atoms with Crippen molar-refractivity contribution in [3.05, 3.63) is 240 Å². The summed E-state index contributed by atoms with van der Waals surface area (Å²) in [6.45, 7) is 4.70. The molecule has 64 heavy (non-hydrogen) atoms. The quantitative estimate of drug-likeness (QED) is 0.153. The summed E-state index contributed by atoms with van der Waals surface area (Å²) in [6, 6.07) is 77.3. The molecule has 12 rings (SSSR count). The zero-order valence-corrected chi connectivity index (χ0v) is 36.5. The molecular formula is C60H43N3S. The van der Waals surface area contributed by atoms with Crippen molar-refractivity contribution in [3.8, 4) is 55.6 Å². The van der Waals surface area contributed by atoms with Gasteiger partial charge >= 0.3 is 0 Å². The smallest absolute Gasteiger partial charge is 0.121 e. The van der Waals surface area contributed by atoms with Gasteiger partial charge in [-0.3, -0.25) is 0 Å². The summed E-state index contributed by atoms with van der Waals surface area (Å²) in [5.41, 5.74) is 16.7. The average Bonchev–Trinajstić information content (AvgIpc) is 3.94. The van der Waals surface area contributed by atoms with Gasteiger partial charge in [0, 0.05) is 25.7 Å². The van der Waals surface area contributed by atoms with Gasteiger partial charge in [-0.15, -0.1) is 16.4 Å². The number of fused-ring (bicyclic) bond motifs is 6. The molecule has 0 spiro atoms. The third kappa shape index (κ3) is 5.76. The van der Waals surface area contributed by atoms with Gasteiger partial charge in [0.05, 0.1) is 11.1 Å². The Labute approximate surface area is 377 Å². The van der Waals surface area contributed by atoms with E-state index in [1.807, 2.05) is 11.3 Å². The van der Waals surface area contributed by atoms with Crippen LogP contribution in [0.2, 0.25) is 0 Å². The molecule has 4 heteroatoms. The zero-order valence-electron chi connectivity index (χ0n) is 35.7. The van der Waals surface area contributed by atoms with Crippen LogP contribution < -0.4 is 0 Å². The Balaban J connectivity index is 1.24. The first kappa shape index (κ1) is 38.2. The van der Waals surface area contributed by atoms with Crippen LogP contribution in [0, 0.1) is 0 Å². The molecule has 2 heterocycles. The van der Waals surface area contributed by atoms with Gasteiger partial charge < -0.3 is 0 Å². The first-order chi connectivity index (χ1) is 31.5. The SMILES string of the molecule is CC1(c2cccc3c2Cc2ccccc2-3)N=NN=C(c2c(-c3ccccc3)ccc(-c3ccccc3)c2-c2cccc3sc4ccccc4c23)C1(C)c1ccccc1-c1ccccc1. The predicted octanol–water partition coefficient (Wildman–Crippen LogP) is 16.3. The molecular weight excluding hydrogens is 795 g/mol. The van der Waals surface area contributed by atoms with Crippen molar-refractivity contribution in [1.82, 2.24) is 0 Å². The van der Waals surface area contributed by atoms with E-state index in [-0.39, 0.29) is 0 Å². The highest BCUT2D eigenvalue weighted by molar-refractivity contribution is 7.25. The van der Waals surface area contributed by atoms with Crippen LogP contribution in [0.4, 0.5) is 0 Å². The Morgan fingerprint density at radius 3 is 1.69 bits per heavy atom. The van der Waals surface area contributed by atoms with Gasteiger partial charge in [0.15, 0.2) is 0 Å². The maximum Gasteiger partial charge on any atom is 0.121 e. The summed E-state index contributed by atoms with van der Waals surface area (Å²) >= 11 is 1.85. The van der Waals surface area contributed by atoms with E-state index in [1.54, 1.807) is 0 Å². The van der Waals surface area contributed by atoms with Crippen molar-refractivity contribution in [2.45, 2.75) is 31.2 Å². The van der Waals surface area contributed by atoms with E-state index in [4.69, 9.17) is 15.4 Å². The van der Waals surface area contributed by atoms with E-state index in [0.717, 1.165) is 67.8 Å². The summed E-state index contributed by atoms with van der Waals surface area (Å²) in [4.78, 5) is 0. The van der Waals surface area contributed by atoms with Gasteiger partial charge in [-0.25, -0.2) is 0 Å². The van der Waals surface area contributed by atoms with E-state index in [1.165, 1.54) is 48.0 Å². The molecule has 304 valence electrons. The molecule has 0 saturated heterocycles. The summed E-state index contributed by atoms with van der Waals surface area (Å²) in [5.74, 6) is 0. The summed E-state index contributed by atoms with van der Waals surface area (Å²) in [6.07, 6.45) is 0.826. The normalized spacial score (nSPS) is 17.6. The van der Waals surface area contributed by atoms with Crippen LogP contribution in [-0.4, -0.2) is 5.71 Å². The fourth-order valence-electron chi connectivity index (χ4n) is 10.8. The van der Waals surface area contributed by atoms with Crippen molar-refractivity contribution < 1.29 is 0 Å². The highest BCUT2D eigenvalue weighted by Gasteiger charge is 2.56. The molecule has 0 N–H and O–H groups in total. The first-order valence-corrected chi connectivity index (χ1v) is 22.9. The standard InChI is InChI=1S/C60H43N3S/c1-59(51-32-16-14-28-44(51)39-20-6-3-7-21-39)58(61-63-62-60(59,2)52-33-18-30-47-43-27-13-12-26-42(43)38-50(47)52)57-46(41-24-10-5-11-25-41)37-36-45(40-22-8-4-9-23-40)56(57)49-31-19-35-54-55(49)48-29-15-17-34-53(48)64-54/h3-37H,38H2,1-2H3. The maximum atomic E-state index is 5.43. The second-order valence-electron chi connectivity index (χ2n) is 17.3. The van der Waals surface area contributed by atoms with Gasteiger partial charge in [-0.2, -0.15) is 5.11 Å². The fraction of sp³-hybridized carbons (Fsp3) is 0.0833. The lowest BCUT2D eigenvalue weighted by Gasteiger charge is -2.48. The third-order valence-corrected chi connectivity index (χ3v) is 15.2. The van der Waals surface area contributed by atoms with Crippen LogP contribution in [-0.2, 0) is 17.4 Å². The van der Waals surface area contributed by atoms with E-state index in [2.05, 4.69) is 226 Å². The second kappa shape index (κ2) is 15.1. The highest BCUT2D eigenvalue weighted by atomic mass is 32.1. The van der Waals surface area contributed by atoms with Crippen molar-refractivity contribution in [3.63, 3.8) is 0 Å². The Kier molecular flexibility index (Phi) is 8.99. The molecule has 9 aromatic carbocycles. The molecule has 10 aromatic rings. The van der Waals surface area contributed by atoms with E-state index in [0.29, 0.717) is 0 Å². The molecule has 3 nitrogen and oxygen atoms in total. The van der Waals surface area contributed by atoms with Crippen molar-refractivity contribution in [2.24, 2.45) is 15.4 Å². The second-order valence-corrected chi connectivity index (χ2v) is 18.4. The lowest BCUT2D eigenvalue weighted by atomic mass is 9.57. The minimum Gasteiger partial charge on any atom is -0.156 e. The molecule has 1 aliphatic carbocycles. The van der Waals surface area contributed by atoms with Gasteiger partial charge in [0.1, 0.15) is 5.54 Å². The number of rotatable bonds is 7. The van der Waals surface area contributed by atoms with E-state index < -0.39 is 11.0 Å². The molecule has 2 unspecified atom stereocenters. The van der Waals surface area contributed by atoms with Crippen LogP contribution in [0.3, 0.4) is 0 Å². The topological polar surface area (TPSA) is 37.1 Å². The Bertz CT molecular complexity index is 3500. The van der Waals surface area contributed by atoms with Gasteiger partial charge in [-0.05, 0) is 116 Å². The summed E-state index contributed by atoms with van der Waals surface area (Å²) in [5, 5.41) is 18.3. The fourth-order valence-corrected chi connectivity index (χ4v) is 12.0. The molecule has 1 aromatic heterocycles. The highest BCUT2D eigenvalue weighted by Crippen LogP contribution is 2.57. The summed E-state index contributed by atoms with van der Waals surface area (Å²) < 4.78 is 2.52. The van der Waals surface area contributed by atoms with E-state index in [9.17, 15) is 0 Å². The number of hydrogen-bond donors (Lipinski definition) is 0. The van der Waals surface area contributed by atoms with Crippen LogP contribution in [0.15, 0.2) is 228 Å². The minimum absolute atomic E-state index is 0.826. The van der Waals surface area contributed by atoms with E-state index >= 15 is 0 Å². The lowest BCUT2D eigenvalue weighted by Crippen LogP contribution is -2.52. The molecule has 0 amide bonds. The predicted molar refractivity (Wildman–Crippen MR) is 268 cm³/mol. The Morgan fingerprint density at radius 2 is 0.953 bits per heavy atom. The molecule has 0 radical (unpaired) electrons. The number of nitrogens with zero attached hydrogens (tertiary/aromatic N) is 3. The zero-order chi connectivity index (χ0) is 42.8. The number of hydrogen-bond acceptors (Lipinski definition) is 4. The Morgan fingerprint density at radius 1 is 0.422 bits per heavy atom. The Hall–Kier alpha value is -7.53. The minimum atomic E-state index is -0.919. The van der Waals surface area contributed by atoms with Gasteiger partial charge in [-0.1, -0.05) is 200 Å². The largest absolute Gasteiger partial charge is 0.156 e.